The second-order valence-electron chi connectivity index (χ2n) is 6.00. The molecule has 0 radical (unpaired) electrons. The van der Waals surface area contributed by atoms with Gasteiger partial charge in [-0.3, -0.25) is 14.2 Å². The second-order valence-corrected chi connectivity index (χ2v) is 7.84. The Hall–Kier alpha value is -3.42. The molecule has 0 aliphatic carbocycles. The number of nitriles is 1. The van der Waals surface area contributed by atoms with Gasteiger partial charge in [-0.1, -0.05) is 30.0 Å². The molecule has 1 N–H and O–H groups in total. The number of amides is 1. The van der Waals surface area contributed by atoms with E-state index in [1.54, 1.807) is 13.1 Å². The summed E-state index contributed by atoms with van der Waals surface area (Å²) in [6.45, 7) is 0. The number of benzene rings is 1. The normalized spacial score (nSPS) is 10.8. The molecule has 10 heteroatoms. The van der Waals surface area contributed by atoms with Crippen molar-refractivity contribution < 1.29 is 4.79 Å². The standard InChI is InChI=1S/C19H14N6O2S2/c1-24-18(27)14-7-8-28-17(14)23-19(24)29-11-15(26)22-16-12(9-20)10-21-25(16)13-5-3-2-4-6-13/h2-8,10H,11H2,1H3,(H,22,26). The van der Waals surface area contributed by atoms with Gasteiger partial charge >= 0.3 is 0 Å². The van der Waals surface area contributed by atoms with Crippen LogP contribution in [0.15, 0.2) is 57.9 Å². The zero-order chi connectivity index (χ0) is 20.4. The third-order valence-electron chi connectivity index (χ3n) is 4.14. The molecule has 1 aromatic carbocycles. The smallest absolute Gasteiger partial charge is 0.262 e. The Morgan fingerprint density at radius 1 is 1.31 bits per heavy atom. The van der Waals surface area contributed by atoms with Gasteiger partial charge in [-0.15, -0.1) is 11.3 Å². The van der Waals surface area contributed by atoms with Crippen molar-refractivity contribution in [1.29, 1.82) is 5.26 Å². The van der Waals surface area contributed by atoms with Crippen LogP contribution >= 0.6 is 23.1 Å². The van der Waals surface area contributed by atoms with E-state index in [0.29, 0.717) is 21.2 Å². The van der Waals surface area contributed by atoms with Crippen molar-refractivity contribution in [3.8, 4) is 11.8 Å². The molecule has 0 saturated carbocycles. The topological polar surface area (TPSA) is 106 Å². The number of thiophene rings is 1. The maximum Gasteiger partial charge on any atom is 0.262 e. The van der Waals surface area contributed by atoms with E-state index in [-0.39, 0.29) is 22.8 Å². The number of fused-ring (bicyclic) bond motifs is 1. The average Bonchev–Trinajstić information content (AvgIpc) is 3.37. The molecule has 0 fully saturated rings. The molecule has 4 aromatic rings. The van der Waals surface area contributed by atoms with E-state index >= 15 is 0 Å². The van der Waals surface area contributed by atoms with Gasteiger partial charge in [0.05, 0.1) is 23.0 Å². The van der Waals surface area contributed by atoms with Gasteiger partial charge < -0.3 is 5.32 Å². The molecule has 0 saturated heterocycles. The fourth-order valence-electron chi connectivity index (χ4n) is 2.72. The van der Waals surface area contributed by atoms with Crippen LogP contribution in [-0.4, -0.2) is 31.0 Å². The van der Waals surface area contributed by atoms with Crippen LogP contribution in [0.5, 0.6) is 0 Å². The molecule has 0 aliphatic rings. The summed E-state index contributed by atoms with van der Waals surface area (Å²) < 4.78 is 2.94. The van der Waals surface area contributed by atoms with Crippen LogP contribution in [0.1, 0.15) is 5.56 Å². The number of thioether (sulfide) groups is 1. The van der Waals surface area contributed by atoms with Crippen LogP contribution in [0.25, 0.3) is 15.9 Å². The summed E-state index contributed by atoms with van der Waals surface area (Å²) in [5.74, 6) is 0.00621. The number of anilines is 1. The summed E-state index contributed by atoms with van der Waals surface area (Å²) in [6.07, 6.45) is 1.41. The van der Waals surface area contributed by atoms with E-state index in [1.807, 2.05) is 41.8 Å². The van der Waals surface area contributed by atoms with Gasteiger partial charge in [-0.2, -0.15) is 10.4 Å². The van der Waals surface area contributed by atoms with E-state index in [2.05, 4.69) is 15.4 Å². The molecule has 1 amide bonds. The van der Waals surface area contributed by atoms with Crippen LogP contribution in [-0.2, 0) is 11.8 Å². The lowest BCUT2D eigenvalue weighted by molar-refractivity contribution is -0.113. The molecule has 0 atom stereocenters. The van der Waals surface area contributed by atoms with Crippen molar-refractivity contribution in [2.75, 3.05) is 11.1 Å². The lowest BCUT2D eigenvalue weighted by Crippen LogP contribution is -2.21. The SMILES string of the molecule is Cn1c(SCC(=O)Nc2c(C#N)cnn2-c2ccccc2)nc2sccc2c1=O. The molecule has 29 heavy (non-hydrogen) atoms. The van der Waals surface area contributed by atoms with E-state index in [9.17, 15) is 14.9 Å². The number of hydrogen-bond acceptors (Lipinski definition) is 7. The lowest BCUT2D eigenvalue weighted by atomic mass is 10.3. The first kappa shape index (κ1) is 18.9. The highest BCUT2D eigenvalue weighted by Crippen LogP contribution is 2.22. The summed E-state index contributed by atoms with van der Waals surface area (Å²) in [7, 11) is 1.63. The Bertz CT molecular complexity index is 1300. The highest BCUT2D eigenvalue weighted by atomic mass is 32.2. The molecule has 144 valence electrons. The van der Waals surface area contributed by atoms with Gasteiger partial charge in [0.15, 0.2) is 11.0 Å². The number of para-hydroxylation sites is 1. The molecule has 3 aromatic heterocycles. The lowest BCUT2D eigenvalue weighted by Gasteiger charge is -2.10. The molecule has 8 nitrogen and oxygen atoms in total. The van der Waals surface area contributed by atoms with E-state index in [4.69, 9.17) is 0 Å². The van der Waals surface area contributed by atoms with Gasteiger partial charge in [0.2, 0.25) is 5.91 Å². The first-order valence-electron chi connectivity index (χ1n) is 8.49. The van der Waals surface area contributed by atoms with Gasteiger partial charge in [0.1, 0.15) is 16.5 Å². The van der Waals surface area contributed by atoms with E-state index in [0.717, 1.165) is 17.4 Å². The summed E-state index contributed by atoms with van der Waals surface area (Å²) >= 11 is 2.54. The van der Waals surface area contributed by atoms with Crippen LogP contribution in [0, 0.1) is 11.3 Å². The minimum absolute atomic E-state index is 0.0298. The average molecular weight is 422 g/mol. The number of hydrogen-bond donors (Lipinski definition) is 1. The summed E-state index contributed by atoms with van der Waals surface area (Å²) in [5, 5.41) is 19.1. The van der Waals surface area contributed by atoms with Crippen molar-refractivity contribution in [2.45, 2.75) is 5.16 Å². The Labute approximate surface area is 173 Å². The minimum atomic E-state index is -0.329. The van der Waals surface area contributed by atoms with Gasteiger partial charge in [0.25, 0.3) is 5.56 Å². The minimum Gasteiger partial charge on any atom is -0.309 e. The molecule has 3 heterocycles. The summed E-state index contributed by atoms with van der Waals surface area (Å²) in [5.41, 5.74) is 0.843. The number of carbonyl (C=O) groups excluding carboxylic acids is 1. The van der Waals surface area contributed by atoms with Crippen LogP contribution in [0.2, 0.25) is 0 Å². The molecular weight excluding hydrogens is 408 g/mol. The van der Waals surface area contributed by atoms with Gasteiger partial charge in [-0.05, 0) is 23.6 Å². The second kappa shape index (κ2) is 7.90. The Kier molecular flexibility index (Phi) is 5.16. The number of carbonyl (C=O) groups is 1. The number of nitrogens with one attached hydrogen (secondary N) is 1. The van der Waals surface area contributed by atoms with Crippen LogP contribution in [0.3, 0.4) is 0 Å². The molecule has 4 rings (SSSR count). The van der Waals surface area contributed by atoms with Crippen molar-refractivity contribution in [2.24, 2.45) is 7.05 Å². The maximum atomic E-state index is 12.6. The number of nitrogens with zero attached hydrogens (tertiary/aromatic N) is 5. The van der Waals surface area contributed by atoms with E-state index in [1.165, 1.54) is 26.8 Å². The molecule has 0 spiro atoms. The van der Waals surface area contributed by atoms with Gasteiger partial charge in [0, 0.05) is 7.05 Å². The van der Waals surface area contributed by atoms with Crippen LogP contribution in [0.4, 0.5) is 5.82 Å². The molecule has 0 aliphatic heterocycles. The Morgan fingerprint density at radius 3 is 2.86 bits per heavy atom. The van der Waals surface area contributed by atoms with E-state index < -0.39 is 0 Å². The quantitative estimate of drug-likeness (QED) is 0.392. The van der Waals surface area contributed by atoms with Crippen molar-refractivity contribution in [1.82, 2.24) is 19.3 Å². The molecule has 0 unspecified atom stereocenters. The number of aromatic nitrogens is 4. The Morgan fingerprint density at radius 2 is 2.10 bits per heavy atom. The number of rotatable bonds is 5. The zero-order valence-corrected chi connectivity index (χ0v) is 16.8. The predicted octanol–water partition coefficient (Wildman–Crippen LogP) is 2.78. The monoisotopic (exact) mass is 422 g/mol. The Balaban J connectivity index is 1.54. The third kappa shape index (κ3) is 3.65. The van der Waals surface area contributed by atoms with Crippen molar-refractivity contribution >= 4 is 45.0 Å². The highest BCUT2D eigenvalue weighted by molar-refractivity contribution is 7.99. The first-order valence-corrected chi connectivity index (χ1v) is 10.4. The molecular formula is C19H14N6O2S2. The van der Waals surface area contributed by atoms with Gasteiger partial charge in [-0.25, -0.2) is 9.67 Å². The predicted molar refractivity (Wildman–Crippen MR) is 112 cm³/mol. The maximum absolute atomic E-state index is 12.6. The third-order valence-corrected chi connectivity index (χ3v) is 5.98. The van der Waals surface area contributed by atoms with Crippen LogP contribution < -0.4 is 10.9 Å². The molecule has 0 bridgehead atoms. The fraction of sp³-hybridized carbons (Fsp3) is 0.105. The largest absolute Gasteiger partial charge is 0.309 e. The summed E-state index contributed by atoms with van der Waals surface area (Å²) in [6, 6.07) is 13.0. The highest BCUT2D eigenvalue weighted by Gasteiger charge is 2.16. The fourth-order valence-corrected chi connectivity index (χ4v) is 4.30. The van der Waals surface area contributed by atoms with Crippen molar-refractivity contribution in [3.63, 3.8) is 0 Å². The van der Waals surface area contributed by atoms with Crippen molar-refractivity contribution in [3.05, 3.63) is 63.9 Å². The zero-order valence-electron chi connectivity index (χ0n) is 15.2. The summed E-state index contributed by atoms with van der Waals surface area (Å²) in [4.78, 5) is 30.0. The first-order chi connectivity index (χ1) is 14.1.